The van der Waals surface area contributed by atoms with Crippen molar-refractivity contribution in [2.75, 3.05) is 33.2 Å². The van der Waals surface area contributed by atoms with Crippen molar-refractivity contribution >= 4 is 23.4 Å². The lowest BCUT2D eigenvalue weighted by Crippen LogP contribution is -2.51. The quantitative estimate of drug-likeness (QED) is 0.812. The largest absolute Gasteiger partial charge is 0.341 e. The van der Waals surface area contributed by atoms with Crippen LogP contribution >= 0.6 is 11.6 Å². The second-order valence-corrected chi connectivity index (χ2v) is 7.61. The predicted octanol–water partition coefficient (Wildman–Crippen LogP) is 2.90. The Morgan fingerprint density at radius 1 is 1.04 bits per heavy atom. The maximum absolute atomic E-state index is 13.1. The first-order valence-corrected chi connectivity index (χ1v) is 9.97. The van der Waals surface area contributed by atoms with Crippen LogP contribution in [0.1, 0.15) is 23.6 Å². The zero-order chi connectivity index (χ0) is 19.9. The van der Waals surface area contributed by atoms with E-state index in [2.05, 4.69) is 10.2 Å². The number of benzene rings is 2. The second-order valence-electron chi connectivity index (χ2n) is 7.17. The standard InChI is InChI=1S/C22H26ClN3O2/c1-25-12-14-26(15-13-25)22(28)21(18-7-3-2-4-8-18)24-20(27)11-10-17-6-5-9-19(23)16-17/h2-9,16,21H,10-15H2,1H3,(H,24,27). The van der Waals surface area contributed by atoms with Gasteiger partial charge >= 0.3 is 0 Å². The first kappa shape index (κ1) is 20.4. The molecular weight excluding hydrogens is 374 g/mol. The van der Waals surface area contributed by atoms with E-state index in [1.54, 1.807) is 0 Å². The molecule has 3 rings (SSSR count). The number of likely N-dealkylation sites (N-methyl/N-ethyl adjacent to an activating group) is 1. The predicted molar refractivity (Wildman–Crippen MR) is 111 cm³/mol. The van der Waals surface area contributed by atoms with Crippen molar-refractivity contribution in [3.8, 4) is 0 Å². The number of nitrogens with one attached hydrogen (secondary N) is 1. The van der Waals surface area contributed by atoms with Crippen LogP contribution in [-0.4, -0.2) is 54.8 Å². The maximum Gasteiger partial charge on any atom is 0.249 e. The van der Waals surface area contributed by atoms with Gasteiger partial charge in [0.1, 0.15) is 6.04 Å². The van der Waals surface area contributed by atoms with E-state index < -0.39 is 6.04 Å². The highest BCUT2D eigenvalue weighted by Crippen LogP contribution is 2.18. The molecule has 2 aromatic carbocycles. The zero-order valence-electron chi connectivity index (χ0n) is 16.1. The first-order valence-electron chi connectivity index (χ1n) is 9.59. The lowest BCUT2D eigenvalue weighted by molar-refractivity contribution is -0.138. The van der Waals surface area contributed by atoms with Gasteiger partial charge in [-0.15, -0.1) is 0 Å². The van der Waals surface area contributed by atoms with Crippen molar-refractivity contribution in [3.05, 3.63) is 70.7 Å². The van der Waals surface area contributed by atoms with Gasteiger partial charge < -0.3 is 15.1 Å². The van der Waals surface area contributed by atoms with Crippen LogP contribution in [0.25, 0.3) is 0 Å². The van der Waals surface area contributed by atoms with Gasteiger partial charge in [0, 0.05) is 37.6 Å². The molecule has 6 heteroatoms. The Labute approximate surface area is 171 Å². The molecule has 0 spiro atoms. The van der Waals surface area contributed by atoms with E-state index in [4.69, 9.17) is 11.6 Å². The Bertz CT molecular complexity index is 804. The molecule has 1 aliphatic heterocycles. The summed E-state index contributed by atoms with van der Waals surface area (Å²) in [7, 11) is 2.05. The molecule has 1 atom stereocenters. The van der Waals surface area contributed by atoms with Crippen molar-refractivity contribution in [1.29, 1.82) is 0 Å². The van der Waals surface area contributed by atoms with Crippen LogP contribution in [0.4, 0.5) is 0 Å². The van der Waals surface area contributed by atoms with E-state index in [0.29, 0.717) is 31.0 Å². The van der Waals surface area contributed by atoms with E-state index in [0.717, 1.165) is 24.2 Å². The Hall–Kier alpha value is -2.37. The van der Waals surface area contributed by atoms with Gasteiger partial charge in [0.2, 0.25) is 11.8 Å². The van der Waals surface area contributed by atoms with Crippen molar-refractivity contribution in [2.45, 2.75) is 18.9 Å². The van der Waals surface area contributed by atoms with E-state index in [1.807, 2.05) is 66.5 Å². The minimum atomic E-state index is -0.656. The number of carbonyl (C=O) groups is 2. The molecule has 1 aliphatic rings. The van der Waals surface area contributed by atoms with Gasteiger partial charge in [0.15, 0.2) is 0 Å². The molecule has 0 aliphatic carbocycles. The van der Waals surface area contributed by atoms with E-state index in [9.17, 15) is 9.59 Å². The minimum absolute atomic E-state index is 0.0459. The molecule has 1 fully saturated rings. The highest BCUT2D eigenvalue weighted by atomic mass is 35.5. The molecule has 28 heavy (non-hydrogen) atoms. The lowest BCUT2D eigenvalue weighted by Gasteiger charge is -2.35. The van der Waals surface area contributed by atoms with E-state index >= 15 is 0 Å². The van der Waals surface area contributed by atoms with Crippen LogP contribution in [0, 0.1) is 0 Å². The third kappa shape index (κ3) is 5.57. The fourth-order valence-electron chi connectivity index (χ4n) is 3.33. The highest BCUT2D eigenvalue weighted by molar-refractivity contribution is 6.30. The summed E-state index contributed by atoms with van der Waals surface area (Å²) in [5.41, 5.74) is 1.81. The summed E-state index contributed by atoms with van der Waals surface area (Å²) in [5, 5.41) is 3.61. The summed E-state index contributed by atoms with van der Waals surface area (Å²) in [6.45, 7) is 3.04. The third-order valence-corrected chi connectivity index (χ3v) is 5.26. The van der Waals surface area contributed by atoms with Crippen LogP contribution in [-0.2, 0) is 16.0 Å². The van der Waals surface area contributed by atoms with Gasteiger partial charge in [0.25, 0.3) is 0 Å². The molecule has 1 N–H and O–H groups in total. The Kier molecular flexibility index (Phi) is 7.06. The van der Waals surface area contributed by atoms with Crippen molar-refractivity contribution in [3.63, 3.8) is 0 Å². The molecule has 1 saturated heterocycles. The maximum atomic E-state index is 13.1. The fourth-order valence-corrected chi connectivity index (χ4v) is 3.54. The summed E-state index contributed by atoms with van der Waals surface area (Å²) in [6.07, 6.45) is 0.885. The van der Waals surface area contributed by atoms with Crippen LogP contribution in [0.2, 0.25) is 5.02 Å². The molecule has 0 saturated carbocycles. The molecule has 5 nitrogen and oxygen atoms in total. The normalized spacial score (nSPS) is 15.9. The van der Waals surface area contributed by atoms with E-state index in [-0.39, 0.29) is 11.8 Å². The molecule has 2 aromatic rings. The number of carbonyl (C=O) groups excluding carboxylic acids is 2. The second kappa shape index (κ2) is 9.71. The number of aryl methyl sites for hydroxylation is 1. The molecular formula is C22H26ClN3O2. The average Bonchev–Trinajstić information content (AvgIpc) is 2.71. The Morgan fingerprint density at radius 3 is 2.43 bits per heavy atom. The number of piperazine rings is 1. The summed E-state index contributed by atoms with van der Waals surface area (Å²) < 4.78 is 0. The molecule has 2 amide bonds. The van der Waals surface area contributed by atoms with Crippen molar-refractivity contribution in [2.24, 2.45) is 0 Å². The number of hydrogen-bond acceptors (Lipinski definition) is 3. The van der Waals surface area contributed by atoms with Gasteiger partial charge in [0.05, 0.1) is 0 Å². The smallest absolute Gasteiger partial charge is 0.249 e. The summed E-state index contributed by atoms with van der Waals surface area (Å²) in [4.78, 5) is 29.8. The summed E-state index contributed by atoms with van der Waals surface area (Å²) >= 11 is 6.01. The molecule has 0 aromatic heterocycles. The Balaban J connectivity index is 1.67. The van der Waals surface area contributed by atoms with Crippen LogP contribution < -0.4 is 5.32 Å². The van der Waals surface area contributed by atoms with Gasteiger partial charge in [-0.1, -0.05) is 54.1 Å². The van der Waals surface area contributed by atoms with Crippen LogP contribution in [0.5, 0.6) is 0 Å². The minimum Gasteiger partial charge on any atom is -0.341 e. The molecule has 1 unspecified atom stereocenters. The monoisotopic (exact) mass is 399 g/mol. The zero-order valence-corrected chi connectivity index (χ0v) is 16.9. The third-order valence-electron chi connectivity index (χ3n) is 5.03. The SMILES string of the molecule is CN1CCN(C(=O)C(NC(=O)CCc2cccc(Cl)c2)c2ccccc2)CC1. The Morgan fingerprint density at radius 2 is 1.75 bits per heavy atom. The van der Waals surface area contributed by atoms with Crippen molar-refractivity contribution < 1.29 is 9.59 Å². The number of halogens is 1. The number of nitrogens with zero attached hydrogens (tertiary/aromatic N) is 2. The number of amides is 2. The van der Waals surface area contributed by atoms with Crippen LogP contribution in [0.15, 0.2) is 54.6 Å². The average molecular weight is 400 g/mol. The topological polar surface area (TPSA) is 52.6 Å². The van der Waals surface area contributed by atoms with Gasteiger partial charge in [-0.2, -0.15) is 0 Å². The van der Waals surface area contributed by atoms with Gasteiger partial charge in [-0.05, 0) is 36.7 Å². The molecule has 1 heterocycles. The lowest BCUT2D eigenvalue weighted by atomic mass is 10.0. The van der Waals surface area contributed by atoms with Gasteiger partial charge in [-0.3, -0.25) is 9.59 Å². The molecule has 0 radical (unpaired) electrons. The van der Waals surface area contributed by atoms with Crippen LogP contribution in [0.3, 0.4) is 0 Å². The highest BCUT2D eigenvalue weighted by Gasteiger charge is 2.29. The van der Waals surface area contributed by atoms with Crippen molar-refractivity contribution in [1.82, 2.24) is 15.1 Å². The van der Waals surface area contributed by atoms with Gasteiger partial charge in [-0.25, -0.2) is 0 Å². The number of rotatable bonds is 6. The summed E-state index contributed by atoms with van der Waals surface area (Å²) in [5.74, 6) is -0.188. The fraction of sp³-hybridized carbons (Fsp3) is 0.364. The summed E-state index contributed by atoms with van der Waals surface area (Å²) in [6, 6.07) is 16.3. The number of hydrogen-bond donors (Lipinski definition) is 1. The molecule has 0 bridgehead atoms. The first-order chi connectivity index (χ1) is 13.5. The molecule has 148 valence electrons. The van der Waals surface area contributed by atoms with E-state index in [1.165, 1.54) is 0 Å².